The van der Waals surface area contributed by atoms with Crippen molar-refractivity contribution in [1.82, 2.24) is 5.32 Å². The highest BCUT2D eigenvalue weighted by Crippen LogP contribution is 2.40. The summed E-state index contributed by atoms with van der Waals surface area (Å²) in [4.78, 5) is 12.1. The van der Waals surface area contributed by atoms with Crippen LogP contribution in [0.25, 0.3) is 0 Å². The minimum Gasteiger partial charge on any atom is -0.394 e. The van der Waals surface area contributed by atoms with Crippen LogP contribution in [0.4, 0.5) is 0 Å². The average molecular weight is 1520 g/mol. The molecular weight excluding hydrogens is 1420 g/mol. The third kappa shape index (κ3) is 17.7. The highest BCUT2D eigenvalue weighted by Gasteiger charge is 2.61. The van der Waals surface area contributed by atoms with Gasteiger partial charge in [-0.05, 0) is 0 Å². The molecule has 103 heavy (non-hydrogen) atoms. The van der Waals surface area contributed by atoms with Crippen LogP contribution in [0, 0.1) is 0 Å². The van der Waals surface area contributed by atoms with Crippen molar-refractivity contribution in [3.05, 3.63) is 0 Å². The van der Waals surface area contributed by atoms with Crippen molar-refractivity contribution < 1.29 is 228 Å². The Morgan fingerprint density at radius 3 is 0.699 bits per heavy atom. The number of carbonyl (C=O) groups is 1. The van der Waals surface area contributed by atoms with E-state index in [9.17, 15) is 148 Å². The maximum atomic E-state index is 12.1. The van der Waals surface area contributed by atoms with Gasteiger partial charge in [0, 0.05) is 6.92 Å². The Labute approximate surface area is 581 Å². The highest BCUT2D eigenvalue weighted by atomic mass is 16.8. The van der Waals surface area contributed by atoms with Crippen molar-refractivity contribution in [2.24, 2.45) is 0 Å². The molecule has 0 radical (unpaired) electrons. The standard InChI is InChI=1S/C56H95NO46/c1-11(67)57-21-29(75)22(68)12(2-58)88-49(21)98-42-23(69)13(3-59)90-52(34(42)80)100-44-25(71)15(5-61)92-54(36(44)82)102-46-27(73)17(7-63)94-56(38(46)84)103-47-28(74)18(8-64)93-55(39(47)85)101-45-26(72)16(6-62)91-53(37(45)83)99-43-24(70)14(4-60)89-51(35(43)81)97-41-20(10-66)95-50(33(79)31(41)77)96-40-19(9-65)87-48(86)32(78)30(40)76/h12-56,58-66,68-86H,2-10H2,1H3,(H,57,67)/t12-,13-,14-,15-,16-,17-,18-,19-,20-,21-,22+,23+,24+,25+,26+,27+,28+,29-,30-,31-,32-,33-,34-,35-,36-,37-,38-,39-,40-,41+,42+,43+,44+,45+,46+,47+,48-,49+,50+,51-,52+,53+,54+,55+,56+/m1/s1. The molecule has 0 aromatic rings. The smallest absolute Gasteiger partial charge is 0.217 e. The number of rotatable bonds is 26. The summed E-state index contributed by atoms with van der Waals surface area (Å²) in [6, 6.07) is -1.64. The van der Waals surface area contributed by atoms with Crippen LogP contribution in [0.1, 0.15) is 6.92 Å². The number of amides is 1. The molecular formula is C56H95NO46. The summed E-state index contributed by atoms with van der Waals surface area (Å²) in [5, 5.41) is 308. The number of hydrogen-bond donors (Lipinski definition) is 29. The zero-order valence-electron chi connectivity index (χ0n) is 54.2. The molecule has 9 heterocycles. The van der Waals surface area contributed by atoms with E-state index in [1.54, 1.807) is 0 Å². The number of nitrogens with one attached hydrogen (secondary N) is 1. The van der Waals surface area contributed by atoms with E-state index >= 15 is 0 Å². The van der Waals surface area contributed by atoms with Crippen LogP contribution >= 0.6 is 0 Å². The number of carbonyl (C=O) groups excluding carboxylic acids is 1. The summed E-state index contributed by atoms with van der Waals surface area (Å²) in [6.45, 7) is -8.64. The topological polar surface area (TPSA) is 752 Å². The zero-order chi connectivity index (χ0) is 75.6. The molecule has 0 saturated carbocycles. The lowest BCUT2D eigenvalue weighted by atomic mass is 9.94. The fourth-order valence-corrected chi connectivity index (χ4v) is 13.4. The highest BCUT2D eigenvalue weighted by molar-refractivity contribution is 5.73. The van der Waals surface area contributed by atoms with Crippen molar-refractivity contribution in [1.29, 1.82) is 0 Å². The largest absolute Gasteiger partial charge is 0.394 e. The van der Waals surface area contributed by atoms with E-state index in [4.69, 9.17) is 80.5 Å². The van der Waals surface area contributed by atoms with E-state index < -0.39 is 342 Å². The van der Waals surface area contributed by atoms with Crippen molar-refractivity contribution in [3.63, 3.8) is 0 Å². The van der Waals surface area contributed by atoms with Crippen LogP contribution in [-0.2, 0) is 85.3 Å². The van der Waals surface area contributed by atoms with Gasteiger partial charge in [0.05, 0.1) is 59.5 Å². The molecule has 9 aliphatic heterocycles. The molecule has 9 fully saturated rings. The van der Waals surface area contributed by atoms with Gasteiger partial charge in [-0.3, -0.25) is 4.79 Å². The number of ether oxygens (including phenoxy) is 17. The Kier molecular flexibility index (Phi) is 30.2. The molecule has 0 spiro atoms. The molecule has 0 aliphatic carbocycles. The fourth-order valence-electron chi connectivity index (χ4n) is 13.4. The molecule has 47 heteroatoms. The molecule has 9 aliphatic rings. The SMILES string of the molecule is CC(=O)N[C@H]1[C@H](O[C@H]2[C@@H](O)[C@@H](CO)O[C@@H](O[C@H]3[C@@H](O)[C@@H](CO)O[C@@H](O[C@H]4[C@@H](O)[C@@H](CO)O[C@@H](O[C@H]5[C@@H](O)[C@@H](CO)O[C@@H](O[C@H]6[C@@H](O)[C@@H](CO)O[C@@H](O[C@H]7[C@@H](O)[C@@H](CO)O[C@H](O[C@@H]8[C@H](O)[C@@H](O)[C@H](O[C@H]9[C@H](O)[C@@H](O)[C@H](O)O[C@@H]9CO)O[C@@H]8CO)[C@@H]7O)[C@@H]6O)[C@@H]5O)[C@@H]4O)[C@@H]3O)[C@@H]2O)O[C@H](CO)[C@H](O)[C@@H]1O. The summed E-state index contributed by atoms with van der Waals surface area (Å²) < 4.78 is 96.1. The van der Waals surface area contributed by atoms with Crippen molar-refractivity contribution in [2.45, 2.75) is 283 Å². The first-order valence-corrected chi connectivity index (χ1v) is 32.7. The molecule has 600 valence electrons. The first-order valence-electron chi connectivity index (χ1n) is 32.7. The average Bonchev–Trinajstić information content (AvgIpc) is 0.781. The Balaban J connectivity index is 0.877. The van der Waals surface area contributed by atoms with Gasteiger partial charge in [0.15, 0.2) is 56.6 Å². The van der Waals surface area contributed by atoms with Gasteiger partial charge in [-0.1, -0.05) is 0 Å². The maximum absolute atomic E-state index is 12.1. The van der Waals surface area contributed by atoms with Crippen molar-refractivity contribution in [3.8, 4) is 0 Å². The first kappa shape index (κ1) is 84.7. The normalized spacial score (nSPS) is 52.4. The molecule has 9 saturated heterocycles. The lowest BCUT2D eigenvalue weighted by Crippen LogP contribution is -2.69. The molecule has 45 atom stereocenters. The predicted molar refractivity (Wildman–Crippen MR) is 309 cm³/mol. The van der Waals surface area contributed by atoms with Crippen molar-refractivity contribution >= 4 is 5.91 Å². The maximum Gasteiger partial charge on any atom is 0.217 e. The van der Waals surface area contributed by atoms with Crippen LogP contribution in [0.2, 0.25) is 0 Å². The van der Waals surface area contributed by atoms with E-state index in [2.05, 4.69) is 5.32 Å². The molecule has 29 N–H and O–H groups in total. The van der Waals surface area contributed by atoms with Crippen LogP contribution < -0.4 is 5.32 Å². The molecule has 0 unspecified atom stereocenters. The van der Waals surface area contributed by atoms with E-state index in [0.29, 0.717) is 0 Å². The number of aliphatic hydroxyl groups is 28. The van der Waals surface area contributed by atoms with E-state index in [0.717, 1.165) is 6.92 Å². The second-order valence-electron chi connectivity index (χ2n) is 25.9. The van der Waals surface area contributed by atoms with Crippen molar-refractivity contribution in [2.75, 3.05) is 59.5 Å². The molecule has 0 aromatic heterocycles. The zero-order valence-corrected chi connectivity index (χ0v) is 54.2. The molecule has 0 aromatic carbocycles. The third-order valence-electron chi connectivity index (χ3n) is 19.2. The Morgan fingerprint density at radius 2 is 0.437 bits per heavy atom. The van der Waals surface area contributed by atoms with Crippen LogP contribution in [-0.4, -0.2) is 485 Å². The summed E-state index contributed by atoms with van der Waals surface area (Å²) in [7, 11) is 0. The first-order chi connectivity index (χ1) is 48.9. The van der Waals surface area contributed by atoms with Gasteiger partial charge in [-0.15, -0.1) is 0 Å². The van der Waals surface area contributed by atoms with Gasteiger partial charge in [0.2, 0.25) is 5.91 Å². The third-order valence-corrected chi connectivity index (χ3v) is 19.2. The summed E-state index contributed by atoms with van der Waals surface area (Å²) >= 11 is 0. The minimum absolute atomic E-state index is 0.793. The molecule has 47 nitrogen and oxygen atoms in total. The van der Waals surface area contributed by atoms with E-state index in [-0.39, 0.29) is 0 Å². The van der Waals surface area contributed by atoms with Crippen LogP contribution in [0.15, 0.2) is 0 Å². The number of aliphatic hydroxyl groups excluding tert-OH is 28. The Bertz CT molecular complexity index is 2590. The second-order valence-corrected chi connectivity index (χ2v) is 25.9. The molecule has 1 amide bonds. The van der Waals surface area contributed by atoms with E-state index in [1.807, 2.05) is 0 Å². The molecule has 0 bridgehead atoms. The summed E-state index contributed by atoms with van der Waals surface area (Å²) in [5.74, 6) is -0.793. The Morgan fingerprint density at radius 1 is 0.233 bits per heavy atom. The van der Waals surface area contributed by atoms with Gasteiger partial charge in [-0.25, -0.2) is 0 Å². The number of hydrogen-bond acceptors (Lipinski definition) is 46. The second kappa shape index (κ2) is 36.7. The Hall–Kier alpha value is -2.33. The lowest BCUT2D eigenvalue weighted by molar-refractivity contribution is -0.402. The van der Waals surface area contributed by atoms with Gasteiger partial charge in [-0.2, -0.15) is 0 Å². The lowest BCUT2D eigenvalue weighted by Gasteiger charge is -2.50. The van der Waals surface area contributed by atoms with Gasteiger partial charge < -0.3 is 229 Å². The monoisotopic (exact) mass is 1520 g/mol. The summed E-state index contributed by atoms with van der Waals surface area (Å²) in [6.07, 6.45) is -91.1. The molecule has 9 rings (SSSR count). The van der Waals surface area contributed by atoms with Gasteiger partial charge in [0.1, 0.15) is 220 Å². The predicted octanol–water partition coefficient (Wildman–Crippen LogP) is -20.5. The fraction of sp³-hybridized carbons (Fsp3) is 0.982. The van der Waals surface area contributed by atoms with Crippen LogP contribution in [0.5, 0.6) is 0 Å². The quantitative estimate of drug-likeness (QED) is 0.0382. The van der Waals surface area contributed by atoms with Gasteiger partial charge in [0.25, 0.3) is 0 Å². The van der Waals surface area contributed by atoms with Gasteiger partial charge >= 0.3 is 0 Å². The summed E-state index contributed by atoms with van der Waals surface area (Å²) in [5.41, 5.74) is 0. The minimum atomic E-state index is -2.42. The van der Waals surface area contributed by atoms with E-state index in [1.165, 1.54) is 0 Å². The van der Waals surface area contributed by atoms with Crippen LogP contribution in [0.3, 0.4) is 0 Å².